The molecule has 0 saturated carbocycles. The number of carboxylic acids is 1. The summed E-state index contributed by atoms with van der Waals surface area (Å²) in [5.74, 6) is -1.82. The Balaban J connectivity index is 2.02. The fraction of sp³-hybridized carbons (Fsp3) is 0.333. The zero-order chi connectivity index (χ0) is 14.5. The number of hydrogen-bond acceptors (Lipinski definition) is 3. The molecule has 20 heavy (non-hydrogen) atoms. The van der Waals surface area contributed by atoms with Gasteiger partial charge in [-0.25, -0.2) is 0 Å². The first kappa shape index (κ1) is 14.3. The molecule has 0 spiro atoms. The van der Waals surface area contributed by atoms with Crippen LogP contribution < -0.4 is 0 Å². The normalized spacial score (nSPS) is 22.1. The molecule has 2 unspecified atom stereocenters. The molecule has 2 rings (SSSR count). The number of benzene rings is 1. The minimum Gasteiger partial charge on any atom is -0.481 e. The number of nitrogens with zero attached hydrogens (tertiary/aromatic N) is 1. The molecule has 1 aliphatic heterocycles. The van der Waals surface area contributed by atoms with E-state index in [4.69, 9.17) is 9.84 Å². The first-order valence-corrected chi connectivity index (χ1v) is 6.40. The molecule has 0 aromatic heterocycles. The van der Waals surface area contributed by atoms with Gasteiger partial charge >= 0.3 is 5.97 Å². The Morgan fingerprint density at radius 1 is 1.30 bits per heavy atom. The van der Waals surface area contributed by atoms with E-state index in [9.17, 15) is 9.59 Å². The van der Waals surface area contributed by atoms with E-state index >= 15 is 0 Å². The van der Waals surface area contributed by atoms with Gasteiger partial charge in [0.2, 0.25) is 5.91 Å². The van der Waals surface area contributed by atoms with Crippen LogP contribution in [0.25, 0.3) is 6.08 Å². The van der Waals surface area contributed by atoms with Crippen molar-refractivity contribution in [2.45, 2.75) is 6.04 Å². The zero-order valence-corrected chi connectivity index (χ0v) is 11.2. The van der Waals surface area contributed by atoms with Crippen LogP contribution in [-0.2, 0) is 14.3 Å². The van der Waals surface area contributed by atoms with Crippen LogP contribution in [0, 0.1) is 5.92 Å². The lowest BCUT2D eigenvalue weighted by Gasteiger charge is -2.25. The van der Waals surface area contributed by atoms with Crippen LogP contribution in [0.3, 0.4) is 0 Å². The molecule has 0 aliphatic carbocycles. The van der Waals surface area contributed by atoms with Gasteiger partial charge in [0.05, 0.1) is 19.3 Å². The molecule has 0 radical (unpaired) electrons. The van der Waals surface area contributed by atoms with E-state index in [-0.39, 0.29) is 19.1 Å². The summed E-state index contributed by atoms with van der Waals surface area (Å²) in [6.07, 6.45) is 3.16. The van der Waals surface area contributed by atoms with Crippen molar-refractivity contribution < 1.29 is 19.4 Å². The average molecular weight is 275 g/mol. The quantitative estimate of drug-likeness (QED) is 0.840. The van der Waals surface area contributed by atoms with Gasteiger partial charge in [0.25, 0.3) is 0 Å². The fourth-order valence-electron chi connectivity index (χ4n) is 2.17. The molecular formula is C15H17NO4. The maximum absolute atomic E-state index is 12.1. The standard InChI is InChI=1S/C15H17NO4/c1-16(13-10-20-9-12(13)15(18)19)14(17)8-7-11-5-3-2-4-6-11/h2-8,12-13H,9-10H2,1H3,(H,18,19). The monoisotopic (exact) mass is 275 g/mol. The van der Waals surface area contributed by atoms with Crippen molar-refractivity contribution in [3.8, 4) is 0 Å². The van der Waals surface area contributed by atoms with Crippen LogP contribution >= 0.6 is 0 Å². The lowest BCUT2D eigenvalue weighted by Crippen LogP contribution is -2.43. The summed E-state index contributed by atoms with van der Waals surface area (Å²) in [6, 6.07) is 9.04. The molecule has 1 aromatic carbocycles. The van der Waals surface area contributed by atoms with Gasteiger partial charge in [0.15, 0.2) is 0 Å². The van der Waals surface area contributed by atoms with E-state index in [2.05, 4.69) is 0 Å². The highest BCUT2D eigenvalue weighted by molar-refractivity contribution is 5.92. The topological polar surface area (TPSA) is 66.8 Å². The molecule has 1 aromatic rings. The molecule has 1 heterocycles. The number of rotatable bonds is 4. The third-order valence-corrected chi connectivity index (χ3v) is 3.43. The molecule has 5 nitrogen and oxygen atoms in total. The van der Waals surface area contributed by atoms with E-state index in [0.29, 0.717) is 0 Å². The van der Waals surface area contributed by atoms with Gasteiger partial charge in [-0.2, -0.15) is 0 Å². The van der Waals surface area contributed by atoms with Crippen LogP contribution in [0.5, 0.6) is 0 Å². The molecule has 1 N–H and O–H groups in total. The summed E-state index contributed by atoms with van der Waals surface area (Å²) in [5.41, 5.74) is 0.923. The first-order chi connectivity index (χ1) is 9.59. The molecular weight excluding hydrogens is 258 g/mol. The Labute approximate surface area is 117 Å². The second-order valence-corrected chi connectivity index (χ2v) is 4.74. The maximum atomic E-state index is 12.1. The highest BCUT2D eigenvalue weighted by Crippen LogP contribution is 2.19. The Kier molecular flexibility index (Phi) is 4.53. The molecule has 1 fully saturated rings. The predicted molar refractivity (Wildman–Crippen MR) is 74.0 cm³/mol. The summed E-state index contributed by atoms with van der Waals surface area (Å²) in [4.78, 5) is 24.6. The summed E-state index contributed by atoms with van der Waals surface area (Å²) in [5, 5.41) is 9.09. The number of hydrogen-bond donors (Lipinski definition) is 1. The van der Waals surface area contributed by atoms with Crippen LogP contribution in [0.15, 0.2) is 36.4 Å². The smallest absolute Gasteiger partial charge is 0.311 e. The van der Waals surface area contributed by atoms with Crippen LogP contribution in [-0.4, -0.2) is 48.2 Å². The molecule has 106 valence electrons. The van der Waals surface area contributed by atoms with Crippen LogP contribution in [0.1, 0.15) is 5.56 Å². The number of carboxylic acid groups (broad SMARTS) is 1. The van der Waals surface area contributed by atoms with Gasteiger partial charge in [-0.3, -0.25) is 9.59 Å². The number of aliphatic carboxylic acids is 1. The van der Waals surface area contributed by atoms with Gasteiger partial charge in [0.1, 0.15) is 5.92 Å². The zero-order valence-electron chi connectivity index (χ0n) is 11.2. The van der Waals surface area contributed by atoms with Crippen LogP contribution in [0.2, 0.25) is 0 Å². The molecule has 2 atom stereocenters. The second kappa shape index (κ2) is 6.34. The van der Waals surface area contributed by atoms with E-state index in [1.807, 2.05) is 30.3 Å². The van der Waals surface area contributed by atoms with Crippen molar-refractivity contribution in [3.63, 3.8) is 0 Å². The van der Waals surface area contributed by atoms with Crippen molar-refractivity contribution in [2.24, 2.45) is 5.92 Å². The highest BCUT2D eigenvalue weighted by atomic mass is 16.5. The van der Waals surface area contributed by atoms with Gasteiger partial charge < -0.3 is 14.7 Å². The Bertz CT molecular complexity index is 512. The van der Waals surface area contributed by atoms with Crippen LogP contribution in [0.4, 0.5) is 0 Å². The second-order valence-electron chi connectivity index (χ2n) is 4.74. The number of amides is 1. The van der Waals surface area contributed by atoms with Crippen molar-refractivity contribution >= 4 is 18.0 Å². The van der Waals surface area contributed by atoms with E-state index in [1.54, 1.807) is 13.1 Å². The number of likely N-dealkylation sites (N-methyl/N-ethyl adjacent to an activating group) is 1. The summed E-state index contributed by atoms with van der Waals surface area (Å²) < 4.78 is 5.17. The lowest BCUT2D eigenvalue weighted by atomic mass is 10.0. The van der Waals surface area contributed by atoms with E-state index in [0.717, 1.165) is 5.56 Å². The van der Waals surface area contributed by atoms with Gasteiger partial charge in [0, 0.05) is 13.1 Å². The predicted octanol–water partition coefficient (Wildman–Crippen LogP) is 1.26. The third-order valence-electron chi connectivity index (χ3n) is 3.43. The number of carbonyl (C=O) groups is 2. The van der Waals surface area contributed by atoms with Crippen molar-refractivity contribution in [2.75, 3.05) is 20.3 Å². The molecule has 1 saturated heterocycles. The fourth-order valence-corrected chi connectivity index (χ4v) is 2.17. The van der Waals surface area contributed by atoms with E-state index < -0.39 is 17.9 Å². The van der Waals surface area contributed by atoms with Gasteiger partial charge in [-0.1, -0.05) is 30.3 Å². The summed E-state index contributed by atoms with van der Waals surface area (Å²) in [6.45, 7) is 0.415. The highest BCUT2D eigenvalue weighted by Gasteiger charge is 2.37. The molecule has 5 heteroatoms. The van der Waals surface area contributed by atoms with Crippen molar-refractivity contribution in [3.05, 3.63) is 42.0 Å². The van der Waals surface area contributed by atoms with Crippen molar-refractivity contribution in [1.29, 1.82) is 0 Å². The number of ether oxygens (including phenoxy) is 1. The molecule has 0 bridgehead atoms. The van der Waals surface area contributed by atoms with E-state index in [1.165, 1.54) is 11.0 Å². The molecule has 1 amide bonds. The third kappa shape index (κ3) is 3.24. The summed E-state index contributed by atoms with van der Waals surface area (Å²) in [7, 11) is 1.60. The Morgan fingerprint density at radius 2 is 2.00 bits per heavy atom. The maximum Gasteiger partial charge on any atom is 0.311 e. The van der Waals surface area contributed by atoms with Gasteiger partial charge in [-0.15, -0.1) is 0 Å². The largest absolute Gasteiger partial charge is 0.481 e. The minimum atomic E-state index is -0.931. The minimum absolute atomic E-state index is 0.153. The number of carbonyl (C=O) groups excluding carboxylic acids is 1. The average Bonchev–Trinajstić information content (AvgIpc) is 2.94. The van der Waals surface area contributed by atoms with Gasteiger partial charge in [-0.05, 0) is 11.6 Å². The lowest BCUT2D eigenvalue weighted by molar-refractivity contribution is -0.143. The Hall–Kier alpha value is -2.14. The SMILES string of the molecule is CN(C(=O)C=Cc1ccccc1)C1COCC1C(=O)O. The summed E-state index contributed by atoms with van der Waals surface area (Å²) >= 11 is 0. The van der Waals surface area contributed by atoms with Crippen molar-refractivity contribution in [1.82, 2.24) is 4.90 Å². The Morgan fingerprint density at radius 3 is 2.65 bits per heavy atom. The first-order valence-electron chi connectivity index (χ1n) is 6.40. The molecule has 1 aliphatic rings.